The summed E-state index contributed by atoms with van der Waals surface area (Å²) in [6.45, 7) is 2.17. The Balaban J connectivity index is 1.87. The molecule has 0 aliphatic heterocycles. The van der Waals surface area contributed by atoms with Crippen LogP contribution in [0.3, 0.4) is 0 Å². The van der Waals surface area contributed by atoms with Crippen LogP contribution in [0.15, 0.2) is 42.5 Å². The third-order valence-electron chi connectivity index (χ3n) is 3.91. The number of hydrogen-bond donors (Lipinski definition) is 1. The van der Waals surface area contributed by atoms with E-state index >= 15 is 0 Å². The van der Waals surface area contributed by atoms with Crippen LogP contribution in [0.1, 0.15) is 36.1 Å². The van der Waals surface area contributed by atoms with Crippen molar-refractivity contribution in [3.8, 4) is 0 Å². The zero-order chi connectivity index (χ0) is 13.2. The van der Waals surface area contributed by atoms with Gasteiger partial charge in [0.2, 0.25) is 0 Å². The second kappa shape index (κ2) is 5.04. The summed E-state index contributed by atoms with van der Waals surface area (Å²) in [6.07, 6.45) is 3.02. The fourth-order valence-corrected chi connectivity index (χ4v) is 2.89. The van der Waals surface area contributed by atoms with Crippen molar-refractivity contribution in [2.45, 2.75) is 32.2 Å². The number of benzene rings is 2. The Morgan fingerprint density at radius 2 is 2.05 bits per heavy atom. The highest BCUT2D eigenvalue weighted by molar-refractivity contribution is 5.54. The summed E-state index contributed by atoms with van der Waals surface area (Å²) in [6, 6.07) is 13.9. The average molecular weight is 255 g/mol. The number of para-hydroxylation sites is 1. The van der Waals surface area contributed by atoms with Crippen molar-refractivity contribution in [1.82, 2.24) is 0 Å². The summed E-state index contributed by atoms with van der Waals surface area (Å²) in [5.41, 5.74) is 4.92. The average Bonchev–Trinajstić information content (AvgIpc) is 2.82. The van der Waals surface area contributed by atoms with Gasteiger partial charge in [0, 0.05) is 5.69 Å². The summed E-state index contributed by atoms with van der Waals surface area (Å²) in [5, 5.41) is 3.61. The highest BCUT2D eigenvalue weighted by Crippen LogP contribution is 2.35. The molecule has 0 aromatic heterocycles. The molecule has 1 N–H and O–H groups in total. The molecule has 3 rings (SSSR count). The molecule has 0 bridgehead atoms. The van der Waals surface area contributed by atoms with E-state index in [1.807, 2.05) is 6.07 Å². The highest BCUT2D eigenvalue weighted by atomic mass is 19.1. The molecule has 2 heteroatoms. The lowest BCUT2D eigenvalue weighted by atomic mass is 10.1. The van der Waals surface area contributed by atoms with E-state index in [2.05, 4.69) is 36.5 Å². The van der Waals surface area contributed by atoms with Crippen molar-refractivity contribution in [2.24, 2.45) is 0 Å². The standard InChI is InChI=1S/C17H18FN/c1-2-12-5-3-4-6-16(12)19-17-10-7-13-11-14(18)8-9-15(13)17/h3-6,8-9,11,17,19H,2,7,10H2,1H3. The van der Waals surface area contributed by atoms with Crippen LogP contribution in [0.2, 0.25) is 0 Å². The van der Waals surface area contributed by atoms with Gasteiger partial charge >= 0.3 is 0 Å². The minimum atomic E-state index is -0.131. The van der Waals surface area contributed by atoms with Crippen LogP contribution >= 0.6 is 0 Å². The van der Waals surface area contributed by atoms with Gasteiger partial charge in [0.15, 0.2) is 0 Å². The lowest BCUT2D eigenvalue weighted by Gasteiger charge is -2.18. The molecule has 19 heavy (non-hydrogen) atoms. The number of hydrogen-bond acceptors (Lipinski definition) is 1. The molecular weight excluding hydrogens is 237 g/mol. The topological polar surface area (TPSA) is 12.0 Å². The molecule has 0 fully saturated rings. The molecule has 1 nitrogen and oxygen atoms in total. The van der Waals surface area contributed by atoms with Gasteiger partial charge in [-0.25, -0.2) is 4.39 Å². The Bertz CT molecular complexity index is 592. The van der Waals surface area contributed by atoms with Crippen molar-refractivity contribution in [3.05, 3.63) is 65.0 Å². The van der Waals surface area contributed by atoms with E-state index in [1.54, 1.807) is 12.1 Å². The molecule has 2 aromatic rings. The Morgan fingerprint density at radius 3 is 2.89 bits per heavy atom. The maximum absolute atomic E-state index is 13.2. The molecule has 1 unspecified atom stereocenters. The maximum Gasteiger partial charge on any atom is 0.123 e. The summed E-state index contributed by atoms with van der Waals surface area (Å²) >= 11 is 0. The van der Waals surface area contributed by atoms with Crippen LogP contribution in [-0.2, 0) is 12.8 Å². The van der Waals surface area contributed by atoms with Gasteiger partial charge in [-0.1, -0.05) is 31.2 Å². The lowest BCUT2D eigenvalue weighted by molar-refractivity contribution is 0.626. The van der Waals surface area contributed by atoms with Gasteiger partial charge in [-0.2, -0.15) is 0 Å². The summed E-state index contributed by atoms with van der Waals surface area (Å²) < 4.78 is 13.2. The van der Waals surface area contributed by atoms with Crippen molar-refractivity contribution in [1.29, 1.82) is 0 Å². The molecule has 0 radical (unpaired) electrons. The normalized spacial score (nSPS) is 17.3. The maximum atomic E-state index is 13.2. The van der Waals surface area contributed by atoms with E-state index in [4.69, 9.17) is 0 Å². The van der Waals surface area contributed by atoms with Crippen molar-refractivity contribution < 1.29 is 4.39 Å². The van der Waals surface area contributed by atoms with Crippen LogP contribution < -0.4 is 5.32 Å². The molecule has 1 atom stereocenters. The third-order valence-corrected chi connectivity index (χ3v) is 3.91. The number of aryl methyl sites for hydroxylation is 2. The third kappa shape index (κ3) is 2.35. The minimum absolute atomic E-state index is 0.131. The summed E-state index contributed by atoms with van der Waals surface area (Å²) in [4.78, 5) is 0. The predicted molar refractivity (Wildman–Crippen MR) is 76.9 cm³/mol. The van der Waals surface area contributed by atoms with E-state index in [0.717, 1.165) is 24.8 Å². The van der Waals surface area contributed by atoms with Crippen molar-refractivity contribution >= 4 is 5.69 Å². The van der Waals surface area contributed by atoms with Crippen LogP contribution in [0, 0.1) is 5.82 Å². The fourth-order valence-electron chi connectivity index (χ4n) is 2.89. The van der Waals surface area contributed by atoms with E-state index in [9.17, 15) is 4.39 Å². The zero-order valence-electron chi connectivity index (χ0n) is 11.1. The van der Waals surface area contributed by atoms with Crippen molar-refractivity contribution in [2.75, 3.05) is 5.32 Å². The van der Waals surface area contributed by atoms with Gasteiger partial charge in [-0.3, -0.25) is 0 Å². The minimum Gasteiger partial charge on any atom is -0.378 e. The number of fused-ring (bicyclic) bond motifs is 1. The monoisotopic (exact) mass is 255 g/mol. The molecule has 1 aliphatic rings. The Labute approximate surface area is 113 Å². The summed E-state index contributed by atoms with van der Waals surface area (Å²) in [7, 11) is 0. The predicted octanol–water partition coefficient (Wildman–Crippen LogP) is 4.49. The second-order valence-corrected chi connectivity index (χ2v) is 5.09. The molecule has 0 spiro atoms. The van der Waals surface area contributed by atoms with Gasteiger partial charge in [0.05, 0.1) is 6.04 Å². The highest BCUT2D eigenvalue weighted by Gasteiger charge is 2.22. The first-order valence-corrected chi connectivity index (χ1v) is 6.90. The van der Waals surface area contributed by atoms with Crippen LogP contribution in [0.4, 0.5) is 10.1 Å². The number of halogens is 1. The first kappa shape index (κ1) is 12.2. The molecule has 2 aromatic carbocycles. The Kier molecular flexibility index (Phi) is 3.24. The molecule has 0 amide bonds. The fraction of sp³-hybridized carbons (Fsp3) is 0.294. The lowest BCUT2D eigenvalue weighted by Crippen LogP contribution is -2.08. The van der Waals surface area contributed by atoms with Gasteiger partial charge < -0.3 is 5.32 Å². The zero-order valence-corrected chi connectivity index (χ0v) is 11.1. The van der Waals surface area contributed by atoms with E-state index < -0.39 is 0 Å². The van der Waals surface area contributed by atoms with E-state index in [-0.39, 0.29) is 5.82 Å². The van der Waals surface area contributed by atoms with E-state index in [1.165, 1.54) is 16.8 Å². The summed E-state index contributed by atoms with van der Waals surface area (Å²) in [5.74, 6) is -0.131. The number of rotatable bonds is 3. The second-order valence-electron chi connectivity index (χ2n) is 5.09. The quantitative estimate of drug-likeness (QED) is 0.852. The largest absolute Gasteiger partial charge is 0.378 e. The van der Waals surface area contributed by atoms with E-state index in [0.29, 0.717) is 6.04 Å². The van der Waals surface area contributed by atoms with Gasteiger partial charge in [-0.15, -0.1) is 0 Å². The number of nitrogens with one attached hydrogen (secondary N) is 1. The van der Waals surface area contributed by atoms with Gasteiger partial charge in [0.25, 0.3) is 0 Å². The van der Waals surface area contributed by atoms with Crippen LogP contribution in [-0.4, -0.2) is 0 Å². The molecule has 1 aliphatic carbocycles. The van der Waals surface area contributed by atoms with Crippen molar-refractivity contribution in [3.63, 3.8) is 0 Å². The van der Waals surface area contributed by atoms with Crippen LogP contribution in [0.5, 0.6) is 0 Å². The first-order valence-electron chi connectivity index (χ1n) is 6.90. The SMILES string of the molecule is CCc1ccccc1NC1CCc2cc(F)ccc21. The van der Waals surface area contributed by atoms with Gasteiger partial charge in [-0.05, 0) is 54.2 Å². The van der Waals surface area contributed by atoms with Gasteiger partial charge in [0.1, 0.15) is 5.82 Å². The number of anilines is 1. The molecule has 98 valence electrons. The molecule has 0 saturated carbocycles. The molecular formula is C17H18FN. The molecule has 0 saturated heterocycles. The first-order chi connectivity index (χ1) is 9.28. The molecule has 0 heterocycles. The smallest absolute Gasteiger partial charge is 0.123 e. The Morgan fingerprint density at radius 1 is 1.21 bits per heavy atom. The Hall–Kier alpha value is -1.83. The van der Waals surface area contributed by atoms with Crippen LogP contribution in [0.25, 0.3) is 0 Å².